The molecule has 156 valence electrons. The summed E-state index contributed by atoms with van der Waals surface area (Å²) in [5.41, 5.74) is 6.40. The highest BCUT2D eigenvalue weighted by atomic mass is 16.5. The Kier molecular flexibility index (Phi) is 5.72. The van der Waals surface area contributed by atoms with Crippen molar-refractivity contribution in [1.29, 1.82) is 0 Å². The zero-order valence-corrected chi connectivity index (χ0v) is 18.3. The van der Waals surface area contributed by atoms with Gasteiger partial charge in [0.25, 0.3) is 5.91 Å². The fourth-order valence-electron chi connectivity index (χ4n) is 3.88. The Morgan fingerprint density at radius 2 is 1.68 bits per heavy atom. The molecule has 0 aliphatic carbocycles. The second-order valence-electron chi connectivity index (χ2n) is 7.87. The van der Waals surface area contributed by atoms with Gasteiger partial charge in [0.1, 0.15) is 5.75 Å². The number of aryl methyl sites for hydroxylation is 2. The van der Waals surface area contributed by atoms with Gasteiger partial charge in [-0.1, -0.05) is 42.0 Å². The molecule has 1 atom stereocenters. The maximum Gasteiger partial charge on any atom is 0.252 e. The summed E-state index contributed by atoms with van der Waals surface area (Å²) in [7, 11) is 1.64. The van der Waals surface area contributed by atoms with E-state index >= 15 is 0 Å². The number of hydrogen-bond acceptors (Lipinski definition) is 3. The Morgan fingerprint density at radius 3 is 2.35 bits per heavy atom. The van der Waals surface area contributed by atoms with E-state index in [4.69, 9.17) is 9.72 Å². The average Bonchev–Trinajstić information content (AvgIpc) is 2.79. The third-order valence-electron chi connectivity index (χ3n) is 5.53. The van der Waals surface area contributed by atoms with E-state index in [-0.39, 0.29) is 11.9 Å². The molecule has 31 heavy (non-hydrogen) atoms. The number of nitrogens with zero attached hydrogens (tertiary/aromatic N) is 1. The molecule has 0 fully saturated rings. The number of carbonyl (C=O) groups is 1. The van der Waals surface area contributed by atoms with Crippen LogP contribution in [0.3, 0.4) is 0 Å². The zero-order valence-electron chi connectivity index (χ0n) is 18.3. The SMILES string of the molecule is COc1ccc(-c2cc(C(=O)NC(C)c3ccccc3)c3cc(C)cc(C)c3n2)cc1. The molecular formula is C27H26N2O2. The molecule has 0 saturated carbocycles. The van der Waals surface area contributed by atoms with Crippen molar-refractivity contribution in [2.75, 3.05) is 7.11 Å². The molecule has 1 N–H and O–H groups in total. The minimum absolute atomic E-state index is 0.104. The van der Waals surface area contributed by atoms with Crippen molar-refractivity contribution < 1.29 is 9.53 Å². The van der Waals surface area contributed by atoms with Gasteiger partial charge in [0.2, 0.25) is 0 Å². The van der Waals surface area contributed by atoms with Crippen LogP contribution in [0.25, 0.3) is 22.2 Å². The van der Waals surface area contributed by atoms with Gasteiger partial charge in [-0.15, -0.1) is 0 Å². The number of amides is 1. The van der Waals surface area contributed by atoms with Crippen LogP contribution in [0.1, 0.15) is 40.0 Å². The second kappa shape index (κ2) is 8.60. The lowest BCUT2D eigenvalue weighted by molar-refractivity contribution is 0.0941. The third-order valence-corrected chi connectivity index (χ3v) is 5.53. The first-order chi connectivity index (χ1) is 15.0. The summed E-state index contributed by atoms with van der Waals surface area (Å²) >= 11 is 0. The number of ether oxygens (including phenoxy) is 1. The van der Waals surface area contributed by atoms with Crippen molar-refractivity contribution in [1.82, 2.24) is 10.3 Å². The number of carbonyl (C=O) groups excluding carboxylic acids is 1. The molecule has 1 unspecified atom stereocenters. The monoisotopic (exact) mass is 410 g/mol. The molecule has 4 aromatic rings. The van der Waals surface area contributed by atoms with Crippen LogP contribution in [0.2, 0.25) is 0 Å². The molecule has 0 aliphatic rings. The van der Waals surface area contributed by atoms with Gasteiger partial charge >= 0.3 is 0 Å². The lowest BCUT2D eigenvalue weighted by Crippen LogP contribution is -2.27. The van der Waals surface area contributed by atoms with E-state index in [1.54, 1.807) is 7.11 Å². The first kappa shape index (κ1) is 20.6. The van der Waals surface area contributed by atoms with Crippen LogP contribution in [0.5, 0.6) is 5.75 Å². The number of rotatable bonds is 5. The predicted octanol–water partition coefficient (Wildman–Crippen LogP) is 6.02. The zero-order chi connectivity index (χ0) is 22.0. The fraction of sp³-hybridized carbons (Fsp3) is 0.185. The van der Waals surface area contributed by atoms with Gasteiger partial charge in [-0.05, 0) is 68.3 Å². The van der Waals surface area contributed by atoms with E-state index in [1.165, 1.54) is 0 Å². The maximum atomic E-state index is 13.4. The number of nitrogens with one attached hydrogen (secondary N) is 1. The molecule has 1 amide bonds. The summed E-state index contributed by atoms with van der Waals surface area (Å²) in [6, 6.07) is 23.6. The normalized spacial score (nSPS) is 11.9. The quantitative estimate of drug-likeness (QED) is 0.438. The molecule has 0 aliphatic heterocycles. The molecule has 1 aromatic heterocycles. The molecule has 3 aromatic carbocycles. The topological polar surface area (TPSA) is 51.2 Å². The number of aromatic nitrogens is 1. The summed E-state index contributed by atoms with van der Waals surface area (Å²) in [4.78, 5) is 18.3. The van der Waals surface area contributed by atoms with Crippen LogP contribution < -0.4 is 10.1 Å². The second-order valence-corrected chi connectivity index (χ2v) is 7.87. The summed E-state index contributed by atoms with van der Waals surface area (Å²) in [5, 5.41) is 4.02. The van der Waals surface area contributed by atoms with E-state index in [2.05, 4.69) is 11.4 Å². The Bertz CT molecular complexity index is 1230. The summed E-state index contributed by atoms with van der Waals surface area (Å²) in [6.07, 6.45) is 0. The van der Waals surface area contributed by atoms with Crippen molar-refractivity contribution in [3.05, 3.63) is 95.1 Å². The minimum Gasteiger partial charge on any atom is -0.497 e. The number of methoxy groups -OCH3 is 1. The Morgan fingerprint density at radius 1 is 0.968 bits per heavy atom. The molecule has 0 bridgehead atoms. The van der Waals surface area contributed by atoms with E-state index in [1.807, 2.05) is 87.5 Å². The first-order valence-electron chi connectivity index (χ1n) is 10.4. The van der Waals surface area contributed by atoms with Crippen molar-refractivity contribution >= 4 is 16.8 Å². The van der Waals surface area contributed by atoms with Crippen LogP contribution in [0.4, 0.5) is 0 Å². The Labute approximate surface area is 182 Å². The van der Waals surface area contributed by atoms with Gasteiger partial charge in [-0.3, -0.25) is 4.79 Å². The average molecular weight is 411 g/mol. The highest BCUT2D eigenvalue weighted by molar-refractivity contribution is 6.08. The van der Waals surface area contributed by atoms with Crippen LogP contribution in [0, 0.1) is 13.8 Å². The number of fused-ring (bicyclic) bond motifs is 1. The molecule has 1 heterocycles. The molecular weight excluding hydrogens is 384 g/mol. The van der Waals surface area contributed by atoms with Gasteiger partial charge < -0.3 is 10.1 Å². The van der Waals surface area contributed by atoms with E-state index in [9.17, 15) is 4.79 Å². The van der Waals surface area contributed by atoms with Crippen molar-refractivity contribution in [2.24, 2.45) is 0 Å². The standard InChI is InChI=1S/C27H26N2O2/c1-17-14-18(2)26-23(15-17)24(27(30)28-19(3)20-8-6-5-7-9-20)16-25(29-26)21-10-12-22(31-4)13-11-21/h5-16,19H,1-4H3,(H,28,30). The van der Waals surface area contributed by atoms with Gasteiger partial charge in [0.05, 0.1) is 29.9 Å². The van der Waals surface area contributed by atoms with Gasteiger partial charge in [0, 0.05) is 10.9 Å². The maximum absolute atomic E-state index is 13.4. The van der Waals surface area contributed by atoms with Gasteiger partial charge in [-0.25, -0.2) is 4.98 Å². The van der Waals surface area contributed by atoms with Crippen LogP contribution in [-0.2, 0) is 0 Å². The molecule has 4 rings (SSSR count). The number of hydrogen-bond donors (Lipinski definition) is 1. The summed E-state index contributed by atoms with van der Waals surface area (Å²) in [5.74, 6) is 0.675. The molecule has 0 spiro atoms. The third kappa shape index (κ3) is 4.29. The smallest absolute Gasteiger partial charge is 0.252 e. The van der Waals surface area contributed by atoms with E-state index in [0.29, 0.717) is 5.56 Å². The molecule has 0 saturated heterocycles. The van der Waals surface area contributed by atoms with Gasteiger partial charge in [0.15, 0.2) is 0 Å². The van der Waals surface area contributed by atoms with Crippen LogP contribution in [-0.4, -0.2) is 18.0 Å². The molecule has 4 heteroatoms. The Balaban J connectivity index is 1.80. The highest BCUT2D eigenvalue weighted by Crippen LogP contribution is 2.29. The van der Waals surface area contributed by atoms with Crippen molar-refractivity contribution in [3.63, 3.8) is 0 Å². The number of benzene rings is 3. The van der Waals surface area contributed by atoms with Crippen molar-refractivity contribution in [3.8, 4) is 17.0 Å². The van der Waals surface area contributed by atoms with E-state index < -0.39 is 0 Å². The first-order valence-corrected chi connectivity index (χ1v) is 10.4. The lowest BCUT2D eigenvalue weighted by Gasteiger charge is -2.17. The number of pyridine rings is 1. The largest absolute Gasteiger partial charge is 0.497 e. The van der Waals surface area contributed by atoms with Gasteiger partial charge in [-0.2, -0.15) is 0 Å². The van der Waals surface area contributed by atoms with Crippen LogP contribution in [0.15, 0.2) is 72.8 Å². The summed E-state index contributed by atoms with van der Waals surface area (Å²) in [6.45, 7) is 6.07. The lowest BCUT2D eigenvalue weighted by atomic mass is 9.99. The predicted molar refractivity (Wildman–Crippen MR) is 126 cm³/mol. The highest BCUT2D eigenvalue weighted by Gasteiger charge is 2.18. The summed E-state index contributed by atoms with van der Waals surface area (Å²) < 4.78 is 5.27. The minimum atomic E-state index is -0.108. The Hall–Kier alpha value is -3.66. The van der Waals surface area contributed by atoms with E-state index in [0.717, 1.165) is 44.6 Å². The fourth-order valence-corrected chi connectivity index (χ4v) is 3.88. The van der Waals surface area contributed by atoms with Crippen molar-refractivity contribution in [2.45, 2.75) is 26.8 Å². The molecule has 0 radical (unpaired) electrons. The molecule has 4 nitrogen and oxygen atoms in total. The van der Waals surface area contributed by atoms with Crippen LogP contribution >= 0.6 is 0 Å².